The van der Waals surface area contributed by atoms with Crippen LogP contribution in [0.5, 0.6) is 0 Å². The van der Waals surface area contributed by atoms with Gasteiger partial charge in [-0.3, -0.25) is 14.9 Å². The monoisotopic (exact) mass is 275 g/mol. The zero-order valence-electron chi connectivity index (χ0n) is 9.64. The summed E-state index contributed by atoms with van der Waals surface area (Å²) in [5.74, 6) is 4.63. The zero-order valence-corrected chi connectivity index (χ0v) is 10.5. The van der Waals surface area contributed by atoms with E-state index in [4.69, 9.17) is 5.11 Å². The van der Waals surface area contributed by atoms with Crippen LogP contribution in [0.1, 0.15) is 15.2 Å². The van der Waals surface area contributed by atoms with Crippen LogP contribution in [-0.4, -0.2) is 27.6 Å². The van der Waals surface area contributed by atoms with Crippen molar-refractivity contribution < 1.29 is 9.90 Å². The van der Waals surface area contributed by atoms with Crippen molar-refractivity contribution >= 4 is 22.4 Å². The summed E-state index contributed by atoms with van der Waals surface area (Å²) < 4.78 is 0. The molecule has 2 rings (SSSR count). The molecule has 0 aliphatic heterocycles. The normalized spacial score (nSPS) is 9.53. The lowest BCUT2D eigenvalue weighted by molar-refractivity contribution is 0.102. The highest BCUT2D eigenvalue weighted by molar-refractivity contribution is 7.16. The van der Waals surface area contributed by atoms with E-state index >= 15 is 0 Å². The molecule has 2 aromatic heterocycles. The van der Waals surface area contributed by atoms with Gasteiger partial charge in [0.15, 0.2) is 10.6 Å². The molecular weight excluding hydrogens is 266 g/mol. The number of anilines is 1. The molecule has 0 bridgehead atoms. The summed E-state index contributed by atoms with van der Waals surface area (Å²) in [5.41, 5.74) is -0.353. The fourth-order valence-corrected chi connectivity index (χ4v) is 1.96. The third kappa shape index (κ3) is 3.28. The Morgan fingerprint density at radius 1 is 1.58 bits per heavy atom. The Balaban J connectivity index is 2.14. The molecule has 0 aromatic carbocycles. The van der Waals surface area contributed by atoms with Gasteiger partial charge in [-0.05, 0) is 0 Å². The fourth-order valence-electron chi connectivity index (χ4n) is 1.27. The van der Waals surface area contributed by atoms with E-state index in [0.717, 1.165) is 11.3 Å². The topological polar surface area (TPSA) is 95.1 Å². The quantitative estimate of drug-likeness (QED) is 0.692. The van der Waals surface area contributed by atoms with E-state index in [1.807, 2.05) is 0 Å². The molecule has 6 nitrogen and oxygen atoms in total. The molecule has 0 aliphatic rings. The number of thiazole rings is 1. The Kier molecular flexibility index (Phi) is 4.07. The van der Waals surface area contributed by atoms with E-state index < -0.39 is 5.91 Å². The fraction of sp³-hybridized carbons (Fsp3) is 0.0833. The van der Waals surface area contributed by atoms with Crippen molar-refractivity contribution in [3.8, 4) is 11.8 Å². The van der Waals surface area contributed by atoms with E-state index in [1.54, 1.807) is 0 Å². The Bertz CT molecular complexity index is 708. The third-order valence-corrected chi connectivity index (χ3v) is 2.91. The van der Waals surface area contributed by atoms with Gasteiger partial charge in [-0.15, -0.1) is 0 Å². The highest BCUT2D eigenvalue weighted by atomic mass is 32.1. The van der Waals surface area contributed by atoms with Gasteiger partial charge in [-0.25, -0.2) is 4.98 Å². The van der Waals surface area contributed by atoms with Crippen LogP contribution in [0.25, 0.3) is 0 Å². The summed E-state index contributed by atoms with van der Waals surface area (Å²) in [7, 11) is 0. The molecule has 0 saturated carbocycles. The maximum absolute atomic E-state index is 11.8. The van der Waals surface area contributed by atoms with Gasteiger partial charge in [0.2, 0.25) is 0 Å². The SMILES string of the molecule is O=C(Nc1ncc(C#CCO)s1)c1c[nH]ccc1=O. The van der Waals surface area contributed by atoms with Gasteiger partial charge in [0.25, 0.3) is 5.91 Å². The molecule has 1 amide bonds. The molecular formula is C12H9N3O3S. The van der Waals surface area contributed by atoms with Crippen molar-refractivity contribution in [2.24, 2.45) is 0 Å². The number of aliphatic hydroxyl groups is 1. The second kappa shape index (κ2) is 5.95. The maximum atomic E-state index is 11.8. The van der Waals surface area contributed by atoms with Gasteiger partial charge >= 0.3 is 0 Å². The minimum absolute atomic E-state index is 0.0145. The van der Waals surface area contributed by atoms with Crippen LogP contribution in [0.15, 0.2) is 29.5 Å². The Labute approximate surface area is 112 Å². The summed E-state index contributed by atoms with van der Waals surface area (Å²) in [4.78, 5) is 30.5. The lowest BCUT2D eigenvalue weighted by Gasteiger charge is -1.99. The molecule has 0 unspecified atom stereocenters. The third-order valence-electron chi connectivity index (χ3n) is 2.09. The lowest BCUT2D eigenvalue weighted by atomic mass is 10.2. The summed E-state index contributed by atoms with van der Waals surface area (Å²) in [5, 5.41) is 11.4. The minimum Gasteiger partial charge on any atom is -0.384 e. The maximum Gasteiger partial charge on any atom is 0.262 e. The molecule has 0 saturated heterocycles. The van der Waals surface area contributed by atoms with Gasteiger partial charge in [0.05, 0.1) is 11.1 Å². The van der Waals surface area contributed by atoms with Gasteiger partial charge in [-0.2, -0.15) is 0 Å². The van der Waals surface area contributed by atoms with Crippen molar-refractivity contribution in [2.75, 3.05) is 11.9 Å². The van der Waals surface area contributed by atoms with E-state index in [2.05, 4.69) is 27.1 Å². The number of carbonyl (C=O) groups excluding carboxylic acids is 1. The average Bonchev–Trinajstić information content (AvgIpc) is 2.84. The first-order valence-electron chi connectivity index (χ1n) is 5.24. The molecule has 7 heteroatoms. The highest BCUT2D eigenvalue weighted by Crippen LogP contribution is 2.17. The first-order valence-corrected chi connectivity index (χ1v) is 6.06. The number of hydrogen-bond acceptors (Lipinski definition) is 5. The smallest absolute Gasteiger partial charge is 0.262 e. The molecule has 0 fully saturated rings. The van der Waals surface area contributed by atoms with E-state index in [1.165, 1.54) is 24.7 Å². The Hall–Kier alpha value is -2.43. The summed E-state index contributed by atoms with van der Waals surface area (Å²) in [6.45, 7) is -0.237. The van der Waals surface area contributed by atoms with Crippen molar-refractivity contribution in [2.45, 2.75) is 0 Å². The van der Waals surface area contributed by atoms with Crippen LogP contribution in [0, 0.1) is 11.8 Å². The lowest BCUT2D eigenvalue weighted by Crippen LogP contribution is -2.20. The number of H-pyrrole nitrogens is 1. The first-order chi connectivity index (χ1) is 9.20. The number of aromatic amines is 1. The van der Waals surface area contributed by atoms with Gasteiger partial charge < -0.3 is 10.1 Å². The van der Waals surface area contributed by atoms with E-state index in [0.29, 0.717) is 10.0 Å². The molecule has 0 radical (unpaired) electrons. The molecule has 3 N–H and O–H groups in total. The number of nitrogens with zero attached hydrogens (tertiary/aromatic N) is 1. The Morgan fingerprint density at radius 3 is 3.16 bits per heavy atom. The number of nitrogens with one attached hydrogen (secondary N) is 2. The summed E-state index contributed by atoms with van der Waals surface area (Å²) >= 11 is 1.16. The van der Waals surface area contributed by atoms with Crippen molar-refractivity contribution in [3.63, 3.8) is 0 Å². The first kappa shape index (κ1) is 13.0. The number of pyridine rings is 1. The van der Waals surface area contributed by atoms with Crippen molar-refractivity contribution in [1.29, 1.82) is 0 Å². The van der Waals surface area contributed by atoms with Gasteiger partial charge in [0.1, 0.15) is 12.2 Å². The van der Waals surface area contributed by atoms with Crippen LogP contribution < -0.4 is 10.7 Å². The standard InChI is InChI=1S/C12H9N3O3S/c16-5-1-2-8-6-14-12(19-8)15-11(18)9-7-13-4-3-10(9)17/h3-4,6-7,16H,5H2,(H,13,17)(H,14,15,18). The predicted octanol–water partition coefficient (Wildman–Crippen LogP) is 0.427. The van der Waals surface area contributed by atoms with Crippen LogP contribution >= 0.6 is 11.3 Å². The number of carbonyl (C=O) groups is 1. The van der Waals surface area contributed by atoms with Gasteiger partial charge in [-0.1, -0.05) is 23.2 Å². The number of rotatable bonds is 2. The van der Waals surface area contributed by atoms with Crippen LogP contribution in [0.2, 0.25) is 0 Å². The number of amides is 1. The second-order valence-corrected chi connectivity index (χ2v) is 4.40. The van der Waals surface area contributed by atoms with Crippen LogP contribution in [-0.2, 0) is 0 Å². The van der Waals surface area contributed by atoms with E-state index in [-0.39, 0.29) is 17.6 Å². The highest BCUT2D eigenvalue weighted by Gasteiger charge is 2.11. The minimum atomic E-state index is -0.530. The van der Waals surface area contributed by atoms with Crippen LogP contribution in [0.3, 0.4) is 0 Å². The predicted molar refractivity (Wildman–Crippen MR) is 71.1 cm³/mol. The number of hydrogen-bond donors (Lipinski definition) is 3. The van der Waals surface area contributed by atoms with E-state index in [9.17, 15) is 9.59 Å². The second-order valence-electron chi connectivity index (χ2n) is 3.37. The van der Waals surface area contributed by atoms with Crippen molar-refractivity contribution in [3.05, 3.63) is 45.3 Å². The summed E-state index contributed by atoms with van der Waals surface area (Å²) in [6, 6.07) is 1.27. The molecule has 2 heterocycles. The van der Waals surface area contributed by atoms with Gasteiger partial charge in [0, 0.05) is 18.5 Å². The van der Waals surface area contributed by atoms with Crippen molar-refractivity contribution in [1.82, 2.24) is 9.97 Å². The van der Waals surface area contributed by atoms with Crippen LogP contribution in [0.4, 0.5) is 5.13 Å². The zero-order chi connectivity index (χ0) is 13.7. The largest absolute Gasteiger partial charge is 0.384 e. The molecule has 0 aliphatic carbocycles. The Morgan fingerprint density at radius 2 is 2.42 bits per heavy atom. The molecule has 19 heavy (non-hydrogen) atoms. The number of aliphatic hydroxyl groups excluding tert-OH is 1. The average molecular weight is 275 g/mol. The molecule has 0 spiro atoms. The number of aromatic nitrogens is 2. The summed E-state index contributed by atoms with van der Waals surface area (Å²) in [6.07, 6.45) is 4.26. The molecule has 0 atom stereocenters. The molecule has 2 aromatic rings. The molecule has 96 valence electrons.